The third-order valence-corrected chi connectivity index (χ3v) is 6.29. The molecule has 1 atom stereocenters. The van der Waals surface area contributed by atoms with Crippen LogP contribution < -0.4 is 5.14 Å². The number of likely N-dealkylation sites (N-methyl/N-ethyl adjacent to an activating group) is 1. The summed E-state index contributed by atoms with van der Waals surface area (Å²) in [6.07, 6.45) is 3.31. The van der Waals surface area contributed by atoms with Gasteiger partial charge in [-0.3, -0.25) is 4.79 Å². The summed E-state index contributed by atoms with van der Waals surface area (Å²) in [6.45, 7) is 5.76. The van der Waals surface area contributed by atoms with E-state index in [1.807, 2.05) is 55.8 Å². The van der Waals surface area contributed by atoms with Gasteiger partial charge in [0, 0.05) is 24.4 Å². The first kappa shape index (κ1) is 22.5. The number of carbonyl (C=O) groups excluding carboxylic acids is 1. The number of benzene rings is 2. The van der Waals surface area contributed by atoms with E-state index in [4.69, 9.17) is 5.14 Å². The zero-order chi connectivity index (χ0) is 22.8. The molecule has 31 heavy (non-hydrogen) atoms. The van der Waals surface area contributed by atoms with Crippen LogP contribution in [0.2, 0.25) is 0 Å². The zero-order valence-corrected chi connectivity index (χ0v) is 18.8. The van der Waals surface area contributed by atoms with Crippen LogP contribution in [0.5, 0.6) is 0 Å². The normalized spacial score (nSPS) is 12.8. The summed E-state index contributed by atoms with van der Waals surface area (Å²) in [7, 11) is -2.04. The Balaban J connectivity index is 1.77. The third kappa shape index (κ3) is 4.92. The van der Waals surface area contributed by atoms with Gasteiger partial charge in [0.1, 0.15) is 0 Å². The van der Waals surface area contributed by atoms with E-state index in [0.29, 0.717) is 0 Å². The average Bonchev–Trinajstić information content (AvgIpc) is 3.04. The summed E-state index contributed by atoms with van der Waals surface area (Å²) in [5.74, 6) is -0.172. The number of amides is 1. The maximum atomic E-state index is 12.8. The summed E-state index contributed by atoms with van der Waals surface area (Å²) in [6, 6.07) is 15.8. The van der Waals surface area contributed by atoms with Crippen LogP contribution in [0.3, 0.4) is 0 Å². The van der Waals surface area contributed by atoms with Gasteiger partial charge in [-0.25, -0.2) is 18.2 Å². The van der Waals surface area contributed by atoms with Crippen molar-refractivity contribution < 1.29 is 13.2 Å². The lowest BCUT2D eigenvalue weighted by Gasteiger charge is -2.24. The van der Waals surface area contributed by atoms with Gasteiger partial charge in [-0.2, -0.15) is 5.10 Å². The van der Waals surface area contributed by atoms with Crippen LogP contribution in [0.25, 0.3) is 11.8 Å². The highest BCUT2D eigenvalue weighted by atomic mass is 32.2. The predicted octanol–water partition coefficient (Wildman–Crippen LogP) is 3.37. The van der Waals surface area contributed by atoms with Gasteiger partial charge in [0.25, 0.3) is 0 Å². The van der Waals surface area contributed by atoms with Crippen molar-refractivity contribution in [1.29, 1.82) is 0 Å². The predicted molar refractivity (Wildman–Crippen MR) is 121 cm³/mol. The van der Waals surface area contributed by atoms with E-state index in [9.17, 15) is 13.2 Å². The topological polar surface area (TPSA) is 98.3 Å². The quantitative estimate of drug-likeness (QED) is 0.597. The average molecular weight is 439 g/mol. The third-order valence-electron chi connectivity index (χ3n) is 5.36. The molecule has 0 bridgehead atoms. The van der Waals surface area contributed by atoms with E-state index in [-0.39, 0.29) is 16.8 Å². The number of carbonyl (C=O) groups is 1. The molecule has 7 nitrogen and oxygen atoms in total. The van der Waals surface area contributed by atoms with Crippen LogP contribution in [0.15, 0.2) is 65.6 Å². The first-order valence-corrected chi connectivity index (χ1v) is 11.3. The molecule has 3 rings (SSSR count). The molecule has 0 aliphatic rings. The molecule has 0 aliphatic carbocycles. The van der Waals surface area contributed by atoms with Gasteiger partial charge in [-0.05, 0) is 56.7 Å². The van der Waals surface area contributed by atoms with Gasteiger partial charge in [0.15, 0.2) is 0 Å². The van der Waals surface area contributed by atoms with Crippen molar-refractivity contribution in [2.45, 2.75) is 31.7 Å². The van der Waals surface area contributed by atoms with E-state index in [2.05, 4.69) is 5.10 Å². The number of hydrogen-bond acceptors (Lipinski definition) is 4. The fourth-order valence-electron chi connectivity index (χ4n) is 3.34. The number of aromatic nitrogens is 2. The van der Waals surface area contributed by atoms with E-state index in [1.54, 1.807) is 30.2 Å². The second-order valence-corrected chi connectivity index (χ2v) is 8.97. The molecule has 1 unspecified atom stereocenters. The first-order chi connectivity index (χ1) is 14.6. The maximum Gasteiger partial charge on any atom is 0.246 e. The SMILES string of the molecule is Cc1nn(-c2ccccc2)c(C)c1/C=C/C(=O)N(C)C(C)c1ccc(S(N)(=O)=O)cc1. The molecule has 162 valence electrons. The highest BCUT2D eigenvalue weighted by Gasteiger charge is 2.17. The van der Waals surface area contributed by atoms with Gasteiger partial charge in [0.05, 0.1) is 22.3 Å². The Labute approximate surface area is 182 Å². The van der Waals surface area contributed by atoms with Crippen molar-refractivity contribution in [3.63, 3.8) is 0 Å². The van der Waals surface area contributed by atoms with Gasteiger partial charge in [-0.1, -0.05) is 30.3 Å². The van der Waals surface area contributed by atoms with E-state index < -0.39 is 10.0 Å². The maximum absolute atomic E-state index is 12.8. The molecule has 0 aliphatic heterocycles. The Kier molecular flexibility index (Phi) is 6.42. The van der Waals surface area contributed by atoms with E-state index in [1.165, 1.54) is 18.2 Å². The second kappa shape index (κ2) is 8.87. The number of para-hydroxylation sites is 1. The van der Waals surface area contributed by atoms with Crippen LogP contribution in [-0.4, -0.2) is 36.1 Å². The molecule has 0 saturated heterocycles. The summed E-state index contributed by atoms with van der Waals surface area (Å²) in [5.41, 5.74) is 4.45. The molecule has 0 radical (unpaired) electrons. The Morgan fingerprint density at radius 1 is 1.10 bits per heavy atom. The van der Waals surface area contributed by atoms with Crippen LogP contribution >= 0.6 is 0 Å². The zero-order valence-electron chi connectivity index (χ0n) is 18.0. The minimum absolute atomic E-state index is 0.0405. The molecule has 0 spiro atoms. The molecular weight excluding hydrogens is 412 g/mol. The fourth-order valence-corrected chi connectivity index (χ4v) is 3.85. The highest BCUT2D eigenvalue weighted by molar-refractivity contribution is 7.89. The molecule has 0 fully saturated rings. The Bertz CT molecular complexity index is 1210. The summed E-state index contributed by atoms with van der Waals surface area (Å²) < 4.78 is 24.7. The smallest absolute Gasteiger partial charge is 0.246 e. The summed E-state index contributed by atoms with van der Waals surface area (Å²) in [4.78, 5) is 14.4. The standard InChI is InChI=1S/C23H26N4O3S/c1-16-22(18(3)27(25-16)20-8-6-5-7-9-20)14-15-23(28)26(4)17(2)19-10-12-21(13-11-19)31(24,29)30/h5-15,17H,1-4H3,(H2,24,29,30)/b15-14+. The highest BCUT2D eigenvalue weighted by Crippen LogP contribution is 2.22. The molecule has 8 heteroatoms. The van der Waals surface area contributed by atoms with Crippen molar-refractivity contribution in [2.24, 2.45) is 5.14 Å². The lowest BCUT2D eigenvalue weighted by Crippen LogP contribution is -2.28. The minimum atomic E-state index is -3.75. The molecule has 2 aromatic carbocycles. The monoisotopic (exact) mass is 438 g/mol. The number of sulfonamides is 1. The Morgan fingerprint density at radius 3 is 2.29 bits per heavy atom. The lowest BCUT2D eigenvalue weighted by atomic mass is 10.1. The van der Waals surface area contributed by atoms with Crippen molar-refractivity contribution in [1.82, 2.24) is 14.7 Å². The number of aryl methyl sites for hydroxylation is 1. The van der Waals surface area contributed by atoms with Crippen molar-refractivity contribution in [2.75, 3.05) is 7.05 Å². The Hall–Kier alpha value is -3.23. The summed E-state index contributed by atoms with van der Waals surface area (Å²) in [5, 5.41) is 9.74. The van der Waals surface area contributed by atoms with Crippen LogP contribution in [0.4, 0.5) is 0 Å². The lowest BCUT2D eigenvalue weighted by molar-refractivity contribution is -0.126. The van der Waals surface area contributed by atoms with Crippen molar-refractivity contribution in [3.8, 4) is 5.69 Å². The number of nitrogens with two attached hydrogens (primary N) is 1. The molecule has 0 saturated carbocycles. The Morgan fingerprint density at radius 2 is 1.71 bits per heavy atom. The van der Waals surface area contributed by atoms with Crippen LogP contribution in [0.1, 0.15) is 35.5 Å². The van der Waals surface area contributed by atoms with Gasteiger partial charge in [-0.15, -0.1) is 0 Å². The van der Waals surface area contributed by atoms with Gasteiger partial charge < -0.3 is 4.90 Å². The van der Waals surface area contributed by atoms with E-state index >= 15 is 0 Å². The van der Waals surface area contributed by atoms with Crippen molar-refractivity contribution in [3.05, 3.63) is 83.2 Å². The molecule has 1 heterocycles. The second-order valence-electron chi connectivity index (χ2n) is 7.40. The molecule has 1 amide bonds. The van der Waals surface area contributed by atoms with E-state index in [0.717, 1.165) is 28.2 Å². The van der Waals surface area contributed by atoms with Crippen LogP contribution in [-0.2, 0) is 14.8 Å². The first-order valence-electron chi connectivity index (χ1n) is 9.79. The molecule has 2 N–H and O–H groups in total. The number of hydrogen-bond donors (Lipinski definition) is 1. The summed E-state index contributed by atoms with van der Waals surface area (Å²) >= 11 is 0. The molecule has 1 aromatic heterocycles. The number of rotatable bonds is 6. The molecule has 3 aromatic rings. The number of nitrogens with zero attached hydrogens (tertiary/aromatic N) is 3. The molecular formula is C23H26N4O3S. The van der Waals surface area contributed by atoms with Crippen LogP contribution in [0, 0.1) is 13.8 Å². The number of primary sulfonamides is 1. The largest absolute Gasteiger partial charge is 0.335 e. The minimum Gasteiger partial charge on any atom is -0.335 e. The fraction of sp³-hybridized carbons (Fsp3) is 0.217. The van der Waals surface area contributed by atoms with Crippen molar-refractivity contribution >= 4 is 22.0 Å². The van der Waals surface area contributed by atoms with Gasteiger partial charge in [0.2, 0.25) is 15.9 Å². The van der Waals surface area contributed by atoms with Gasteiger partial charge >= 0.3 is 0 Å².